The van der Waals surface area contributed by atoms with Crippen molar-refractivity contribution in [3.05, 3.63) is 47.8 Å². The molecule has 0 spiro atoms. The third kappa shape index (κ3) is 3.38. The molecule has 2 aromatic rings. The maximum atomic E-state index is 12.4. The van der Waals surface area contributed by atoms with Gasteiger partial charge >= 0.3 is 5.97 Å². The van der Waals surface area contributed by atoms with Crippen molar-refractivity contribution in [3.63, 3.8) is 0 Å². The number of aromatic nitrogens is 2. The van der Waals surface area contributed by atoms with Crippen LogP contribution in [-0.4, -0.2) is 22.4 Å². The molecule has 3 unspecified atom stereocenters. The molecular weight excluding hydrogens is 292 g/mol. The molecule has 1 aromatic carbocycles. The van der Waals surface area contributed by atoms with E-state index in [1.165, 1.54) is 0 Å². The average molecular weight is 314 g/mol. The van der Waals surface area contributed by atoms with Crippen LogP contribution in [0.5, 0.6) is 5.75 Å². The predicted molar refractivity (Wildman–Crippen MR) is 86.2 cm³/mol. The van der Waals surface area contributed by atoms with Gasteiger partial charge in [0.05, 0.1) is 18.7 Å². The monoisotopic (exact) mass is 314 g/mol. The lowest BCUT2D eigenvalue weighted by atomic mass is 10.1. The molecule has 0 radical (unpaired) electrons. The molecule has 0 amide bonds. The van der Waals surface area contributed by atoms with Gasteiger partial charge in [-0.3, -0.25) is 9.48 Å². The highest BCUT2D eigenvalue weighted by Gasteiger charge is 2.46. The number of carbonyl (C=O) groups is 1. The third-order valence-electron chi connectivity index (χ3n) is 4.20. The van der Waals surface area contributed by atoms with Crippen molar-refractivity contribution in [1.82, 2.24) is 9.78 Å². The van der Waals surface area contributed by atoms with Crippen LogP contribution < -0.4 is 4.74 Å². The Balaban J connectivity index is 1.62. The second-order valence-electron chi connectivity index (χ2n) is 5.95. The molecule has 1 aliphatic rings. The molecule has 1 aliphatic carbocycles. The van der Waals surface area contributed by atoms with E-state index in [9.17, 15) is 4.79 Å². The smallest absolute Gasteiger partial charge is 0.310 e. The van der Waals surface area contributed by atoms with E-state index in [1.807, 2.05) is 57.6 Å². The minimum absolute atomic E-state index is 0.0547. The molecule has 5 nitrogen and oxygen atoms in total. The Morgan fingerprint density at radius 2 is 2.22 bits per heavy atom. The van der Waals surface area contributed by atoms with Gasteiger partial charge in [-0.25, -0.2) is 0 Å². The minimum atomic E-state index is -0.319. The summed E-state index contributed by atoms with van der Waals surface area (Å²) in [5, 5.41) is 4.16. The van der Waals surface area contributed by atoms with Gasteiger partial charge in [-0.05, 0) is 31.9 Å². The van der Waals surface area contributed by atoms with Crippen LogP contribution in [0.3, 0.4) is 0 Å². The number of benzene rings is 1. The summed E-state index contributed by atoms with van der Waals surface area (Å²) in [5.41, 5.74) is 2.01. The van der Waals surface area contributed by atoms with Crippen LogP contribution in [0.15, 0.2) is 36.7 Å². The van der Waals surface area contributed by atoms with Crippen molar-refractivity contribution < 1.29 is 14.3 Å². The van der Waals surface area contributed by atoms with E-state index < -0.39 is 0 Å². The van der Waals surface area contributed by atoms with E-state index >= 15 is 0 Å². The van der Waals surface area contributed by atoms with E-state index in [2.05, 4.69) is 5.10 Å². The third-order valence-corrected chi connectivity index (χ3v) is 4.20. The number of ether oxygens (including phenoxy) is 2. The summed E-state index contributed by atoms with van der Waals surface area (Å²) in [6.07, 6.45) is 4.31. The van der Waals surface area contributed by atoms with Gasteiger partial charge in [0.2, 0.25) is 0 Å². The number of para-hydroxylation sites is 1. The van der Waals surface area contributed by atoms with E-state index in [1.54, 1.807) is 4.68 Å². The number of carbonyl (C=O) groups excluding carboxylic acids is 1. The molecule has 0 saturated heterocycles. The molecule has 0 N–H and O–H groups in total. The van der Waals surface area contributed by atoms with Crippen molar-refractivity contribution >= 4 is 5.97 Å². The zero-order valence-corrected chi connectivity index (χ0v) is 13.7. The molecule has 1 heterocycles. The van der Waals surface area contributed by atoms with Crippen LogP contribution in [0.2, 0.25) is 0 Å². The maximum absolute atomic E-state index is 12.4. The summed E-state index contributed by atoms with van der Waals surface area (Å²) < 4.78 is 13.0. The summed E-state index contributed by atoms with van der Waals surface area (Å²) in [4.78, 5) is 12.4. The van der Waals surface area contributed by atoms with Crippen LogP contribution in [-0.2, 0) is 16.6 Å². The highest BCUT2D eigenvalue weighted by atomic mass is 16.5. The van der Waals surface area contributed by atoms with Crippen LogP contribution >= 0.6 is 0 Å². The van der Waals surface area contributed by atoms with Gasteiger partial charge in [-0.2, -0.15) is 5.10 Å². The Kier molecular flexibility index (Phi) is 4.37. The van der Waals surface area contributed by atoms with Crippen LogP contribution in [0, 0.1) is 5.92 Å². The number of nitrogens with zero attached hydrogens (tertiary/aromatic N) is 2. The Morgan fingerprint density at radius 3 is 2.91 bits per heavy atom. The van der Waals surface area contributed by atoms with Crippen molar-refractivity contribution in [2.24, 2.45) is 13.0 Å². The molecular formula is C18H22N2O3. The van der Waals surface area contributed by atoms with Crippen LogP contribution in [0.4, 0.5) is 0 Å². The van der Waals surface area contributed by atoms with Crippen LogP contribution in [0.1, 0.15) is 43.4 Å². The summed E-state index contributed by atoms with van der Waals surface area (Å²) in [6, 6.07) is 7.69. The number of aryl methyl sites for hydroxylation is 1. The highest BCUT2D eigenvalue weighted by molar-refractivity contribution is 5.77. The Bertz CT molecular complexity index is 695. The van der Waals surface area contributed by atoms with Gasteiger partial charge in [0.1, 0.15) is 11.9 Å². The molecule has 1 saturated carbocycles. The zero-order chi connectivity index (χ0) is 16.4. The van der Waals surface area contributed by atoms with Gasteiger partial charge in [0, 0.05) is 24.7 Å². The summed E-state index contributed by atoms with van der Waals surface area (Å²) >= 11 is 0. The first-order chi connectivity index (χ1) is 11.1. The second-order valence-corrected chi connectivity index (χ2v) is 5.95. The molecule has 0 aliphatic heterocycles. The maximum Gasteiger partial charge on any atom is 0.310 e. The lowest BCUT2D eigenvalue weighted by molar-refractivity contribution is -0.150. The molecule has 1 fully saturated rings. The van der Waals surface area contributed by atoms with Crippen molar-refractivity contribution in [3.8, 4) is 5.75 Å². The normalized spacial score (nSPS) is 20.8. The average Bonchev–Trinajstić information content (AvgIpc) is 3.23. The lowest BCUT2D eigenvalue weighted by Crippen LogP contribution is -2.12. The fourth-order valence-electron chi connectivity index (χ4n) is 2.88. The van der Waals surface area contributed by atoms with Crippen LogP contribution in [0.25, 0.3) is 0 Å². The topological polar surface area (TPSA) is 53.4 Å². The molecule has 5 heteroatoms. The summed E-state index contributed by atoms with van der Waals surface area (Å²) in [7, 11) is 1.88. The second kappa shape index (κ2) is 6.44. The predicted octanol–water partition coefficient (Wildman–Crippen LogP) is 3.23. The quantitative estimate of drug-likeness (QED) is 0.768. The first-order valence-electron chi connectivity index (χ1n) is 8.01. The van der Waals surface area contributed by atoms with Gasteiger partial charge in [-0.1, -0.05) is 18.2 Å². The highest BCUT2D eigenvalue weighted by Crippen LogP contribution is 2.48. The fourth-order valence-corrected chi connectivity index (χ4v) is 2.88. The summed E-state index contributed by atoms with van der Waals surface area (Å²) in [6.45, 7) is 4.41. The van der Waals surface area contributed by atoms with E-state index in [4.69, 9.17) is 9.47 Å². The number of rotatable bonds is 6. The van der Waals surface area contributed by atoms with Gasteiger partial charge in [-0.15, -0.1) is 0 Å². The van der Waals surface area contributed by atoms with Gasteiger partial charge in [0.25, 0.3) is 0 Å². The van der Waals surface area contributed by atoms with Crippen molar-refractivity contribution in [2.45, 2.75) is 32.3 Å². The number of esters is 1. The van der Waals surface area contributed by atoms with Crippen molar-refractivity contribution in [1.29, 1.82) is 0 Å². The molecule has 3 rings (SSSR count). The molecule has 1 aromatic heterocycles. The molecule has 122 valence electrons. The zero-order valence-electron chi connectivity index (χ0n) is 13.7. The van der Waals surface area contributed by atoms with E-state index in [0.717, 1.165) is 23.3 Å². The number of hydrogen-bond acceptors (Lipinski definition) is 4. The molecule has 3 atom stereocenters. The SMILES string of the molecule is CCOc1ccccc1C(C)OC(=O)C1CC1c1cnn(C)c1. The first kappa shape index (κ1) is 15.6. The van der Waals surface area contributed by atoms with Gasteiger partial charge in [0.15, 0.2) is 0 Å². The Labute approximate surface area is 136 Å². The van der Waals surface area contributed by atoms with Gasteiger partial charge < -0.3 is 9.47 Å². The standard InChI is InChI=1S/C18H22N2O3/c1-4-22-17-8-6-5-7-14(17)12(2)23-18(21)16-9-15(16)13-10-19-20(3)11-13/h5-8,10-12,15-16H,4,9H2,1-3H3. The Morgan fingerprint density at radius 1 is 1.43 bits per heavy atom. The molecule has 0 bridgehead atoms. The Hall–Kier alpha value is -2.30. The summed E-state index contributed by atoms with van der Waals surface area (Å²) in [5.74, 6) is 0.819. The minimum Gasteiger partial charge on any atom is -0.493 e. The lowest BCUT2D eigenvalue weighted by Gasteiger charge is -2.17. The largest absolute Gasteiger partial charge is 0.493 e. The number of hydrogen-bond donors (Lipinski definition) is 0. The van der Waals surface area contributed by atoms with E-state index in [-0.39, 0.29) is 23.9 Å². The van der Waals surface area contributed by atoms with E-state index in [0.29, 0.717) is 6.61 Å². The fraction of sp³-hybridized carbons (Fsp3) is 0.444. The molecule has 23 heavy (non-hydrogen) atoms. The van der Waals surface area contributed by atoms with Crippen molar-refractivity contribution in [2.75, 3.05) is 6.61 Å². The first-order valence-corrected chi connectivity index (χ1v) is 8.01.